The molecule has 1 aromatic carbocycles. The van der Waals surface area contributed by atoms with Crippen LogP contribution in [0, 0.1) is 11.8 Å². The zero-order chi connectivity index (χ0) is 22.5. The first-order valence-electron chi connectivity index (χ1n) is 10.4. The predicted molar refractivity (Wildman–Crippen MR) is 115 cm³/mol. The van der Waals surface area contributed by atoms with Crippen LogP contribution in [0.2, 0.25) is 0 Å². The average Bonchev–Trinajstić information content (AvgIpc) is 2.69. The summed E-state index contributed by atoms with van der Waals surface area (Å²) in [7, 11) is 0. The number of rotatable bonds is 10. The van der Waals surface area contributed by atoms with Gasteiger partial charge in [0.15, 0.2) is 0 Å². The summed E-state index contributed by atoms with van der Waals surface area (Å²) in [6.07, 6.45) is 1.62. The van der Waals surface area contributed by atoms with Crippen molar-refractivity contribution in [2.24, 2.45) is 11.8 Å². The zero-order valence-corrected chi connectivity index (χ0v) is 18.3. The van der Waals surface area contributed by atoms with Crippen molar-refractivity contribution in [1.82, 2.24) is 21.3 Å². The summed E-state index contributed by atoms with van der Waals surface area (Å²) in [5.41, 5.74) is 1.57. The van der Waals surface area contributed by atoms with Crippen molar-refractivity contribution in [3.63, 3.8) is 0 Å². The fourth-order valence-corrected chi connectivity index (χ4v) is 2.48. The second-order valence-corrected chi connectivity index (χ2v) is 8.06. The van der Waals surface area contributed by atoms with Gasteiger partial charge in [-0.15, -0.1) is 0 Å². The van der Waals surface area contributed by atoms with Crippen LogP contribution in [-0.2, 0) is 32.3 Å². The van der Waals surface area contributed by atoms with Crippen molar-refractivity contribution in [2.75, 3.05) is 13.1 Å². The van der Waals surface area contributed by atoms with E-state index in [9.17, 15) is 19.2 Å². The van der Waals surface area contributed by atoms with E-state index in [1.54, 1.807) is 24.3 Å². The Hall–Kier alpha value is -2.90. The van der Waals surface area contributed by atoms with Crippen molar-refractivity contribution in [2.45, 2.75) is 53.6 Å². The van der Waals surface area contributed by atoms with Crippen LogP contribution < -0.4 is 21.3 Å². The molecule has 0 aliphatic carbocycles. The SMILES string of the molecule is CC(C)CCNC(=O)C(=O)NCc1cccc(CNC(=O)C(=O)NCCC(C)C)c1. The van der Waals surface area contributed by atoms with Crippen LogP contribution in [0.5, 0.6) is 0 Å². The molecule has 4 amide bonds. The van der Waals surface area contributed by atoms with Gasteiger partial charge in [0.05, 0.1) is 0 Å². The van der Waals surface area contributed by atoms with E-state index in [1.807, 2.05) is 27.7 Å². The Morgan fingerprint density at radius 2 is 1.03 bits per heavy atom. The van der Waals surface area contributed by atoms with Gasteiger partial charge in [-0.3, -0.25) is 19.2 Å². The van der Waals surface area contributed by atoms with Crippen LogP contribution >= 0.6 is 0 Å². The third-order valence-corrected chi connectivity index (χ3v) is 4.32. The molecular formula is C22H34N4O4. The molecule has 30 heavy (non-hydrogen) atoms. The number of hydrogen-bond donors (Lipinski definition) is 4. The lowest BCUT2D eigenvalue weighted by molar-refractivity contribution is -0.139. The Labute approximate surface area is 178 Å². The van der Waals surface area contributed by atoms with Gasteiger partial charge in [0.25, 0.3) is 0 Å². The highest BCUT2D eigenvalue weighted by molar-refractivity contribution is 6.35. The van der Waals surface area contributed by atoms with Gasteiger partial charge in [-0.25, -0.2) is 0 Å². The number of amides is 4. The van der Waals surface area contributed by atoms with Gasteiger partial charge in [0, 0.05) is 26.2 Å². The van der Waals surface area contributed by atoms with Crippen LogP contribution in [0.25, 0.3) is 0 Å². The van der Waals surface area contributed by atoms with Gasteiger partial charge in [0.2, 0.25) is 0 Å². The van der Waals surface area contributed by atoms with Gasteiger partial charge in [-0.05, 0) is 35.8 Å². The second-order valence-electron chi connectivity index (χ2n) is 8.06. The average molecular weight is 419 g/mol. The number of nitrogens with one attached hydrogen (secondary N) is 4. The van der Waals surface area contributed by atoms with Gasteiger partial charge in [-0.2, -0.15) is 0 Å². The predicted octanol–water partition coefficient (Wildman–Crippen LogP) is 1.24. The molecule has 0 radical (unpaired) electrons. The molecule has 8 heteroatoms. The first-order chi connectivity index (χ1) is 14.2. The van der Waals surface area contributed by atoms with Crippen LogP contribution in [0.15, 0.2) is 24.3 Å². The maximum Gasteiger partial charge on any atom is 0.309 e. The van der Waals surface area contributed by atoms with Gasteiger partial charge in [0.1, 0.15) is 0 Å². The molecule has 4 N–H and O–H groups in total. The van der Waals surface area contributed by atoms with E-state index in [-0.39, 0.29) is 13.1 Å². The molecule has 0 spiro atoms. The van der Waals surface area contributed by atoms with E-state index < -0.39 is 23.6 Å². The fraction of sp³-hybridized carbons (Fsp3) is 0.545. The highest BCUT2D eigenvalue weighted by atomic mass is 16.2. The monoisotopic (exact) mass is 418 g/mol. The fourth-order valence-electron chi connectivity index (χ4n) is 2.48. The lowest BCUT2D eigenvalue weighted by Crippen LogP contribution is -2.40. The van der Waals surface area contributed by atoms with E-state index in [0.717, 1.165) is 24.0 Å². The van der Waals surface area contributed by atoms with Crippen LogP contribution in [0.4, 0.5) is 0 Å². The van der Waals surface area contributed by atoms with Gasteiger partial charge < -0.3 is 21.3 Å². The lowest BCUT2D eigenvalue weighted by atomic mass is 10.1. The number of benzene rings is 1. The molecule has 0 saturated carbocycles. The van der Waals surface area contributed by atoms with Crippen molar-refractivity contribution < 1.29 is 19.2 Å². The summed E-state index contributed by atoms with van der Waals surface area (Å²) in [4.78, 5) is 47.3. The third-order valence-electron chi connectivity index (χ3n) is 4.32. The number of carbonyl (C=O) groups is 4. The molecule has 166 valence electrons. The number of hydrogen-bond acceptors (Lipinski definition) is 4. The molecule has 0 atom stereocenters. The first kappa shape index (κ1) is 25.1. The normalized spacial score (nSPS) is 10.6. The topological polar surface area (TPSA) is 116 Å². The van der Waals surface area contributed by atoms with Crippen molar-refractivity contribution in [1.29, 1.82) is 0 Å². The van der Waals surface area contributed by atoms with Gasteiger partial charge >= 0.3 is 23.6 Å². The minimum atomic E-state index is -0.685. The molecule has 8 nitrogen and oxygen atoms in total. The summed E-state index contributed by atoms with van der Waals surface area (Å²) >= 11 is 0. The molecule has 1 rings (SSSR count). The zero-order valence-electron chi connectivity index (χ0n) is 18.3. The molecule has 0 aliphatic rings. The Morgan fingerprint density at radius 1 is 0.667 bits per heavy atom. The Bertz CT molecular complexity index is 674. The van der Waals surface area contributed by atoms with Crippen molar-refractivity contribution in [3.05, 3.63) is 35.4 Å². The highest BCUT2D eigenvalue weighted by Gasteiger charge is 2.14. The molecule has 0 bridgehead atoms. The molecule has 0 saturated heterocycles. The molecule has 0 aromatic heterocycles. The molecule has 1 aromatic rings. The molecule has 0 unspecified atom stereocenters. The molecule has 0 fully saturated rings. The summed E-state index contributed by atoms with van der Waals surface area (Å²) in [5, 5.41) is 10.3. The summed E-state index contributed by atoms with van der Waals surface area (Å²) in [6, 6.07) is 7.20. The largest absolute Gasteiger partial charge is 0.348 e. The van der Waals surface area contributed by atoms with E-state index in [4.69, 9.17) is 0 Å². The minimum absolute atomic E-state index is 0.188. The molecule has 0 aliphatic heterocycles. The number of carbonyl (C=O) groups excluding carboxylic acids is 4. The van der Waals surface area contributed by atoms with E-state index >= 15 is 0 Å². The van der Waals surface area contributed by atoms with E-state index in [2.05, 4.69) is 21.3 Å². The second kappa shape index (κ2) is 13.3. The minimum Gasteiger partial charge on any atom is -0.348 e. The lowest BCUT2D eigenvalue weighted by Gasteiger charge is -2.10. The van der Waals surface area contributed by atoms with Crippen molar-refractivity contribution >= 4 is 23.6 Å². The Balaban J connectivity index is 2.41. The van der Waals surface area contributed by atoms with E-state index in [1.165, 1.54) is 0 Å². The quantitative estimate of drug-likeness (QED) is 0.428. The third kappa shape index (κ3) is 10.6. The van der Waals surface area contributed by atoms with Crippen LogP contribution in [0.3, 0.4) is 0 Å². The molecular weight excluding hydrogens is 384 g/mol. The van der Waals surface area contributed by atoms with Crippen molar-refractivity contribution in [3.8, 4) is 0 Å². The summed E-state index contributed by atoms with van der Waals surface area (Å²) in [6.45, 7) is 9.47. The Kier molecular flexibility index (Phi) is 11.2. The molecule has 0 heterocycles. The van der Waals surface area contributed by atoms with Crippen LogP contribution in [-0.4, -0.2) is 36.7 Å². The smallest absolute Gasteiger partial charge is 0.309 e. The maximum atomic E-state index is 11.9. The standard InChI is InChI=1S/C22H34N4O4/c1-15(2)8-10-23-19(27)21(29)25-13-17-6-5-7-18(12-17)14-26-22(30)20(28)24-11-9-16(3)4/h5-7,12,15-16H,8-11,13-14H2,1-4H3,(H,23,27)(H,24,28)(H,25,29)(H,26,30). The first-order valence-corrected chi connectivity index (χ1v) is 10.4. The highest BCUT2D eigenvalue weighted by Crippen LogP contribution is 2.05. The summed E-state index contributed by atoms with van der Waals surface area (Å²) in [5.74, 6) is -1.78. The van der Waals surface area contributed by atoms with Gasteiger partial charge in [-0.1, -0.05) is 52.0 Å². The summed E-state index contributed by atoms with van der Waals surface area (Å²) < 4.78 is 0. The Morgan fingerprint density at radius 3 is 1.40 bits per heavy atom. The van der Waals surface area contributed by atoms with Crippen LogP contribution in [0.1, 0.15) is 51.7 Å². The van der Waals surface area contributed by atoms with E-state index in [0.29, 0.717) is 24.9 Å². The maximum absolute atomic E-state index is 11.9.